The number of rotatable bonds is 11. The maximum Gasteiger partial charge on any atom is 0.320 e. The highest BCUT2D eigenvalue weighted by molar-refractivity contribution is 5.78. The summed E-state index contributed by atoms with van der Waals surface area (Å²) < 4.78 is 0. The Labute approximate surface area is 120 Å². The average molecular weight is 304 g/mol. The standard InChI is InChI=1S/C11H20N4O6/c12-11(13)14-5-1-2-6(9(18)19)15-7(10(20)21)3-4-8(16)17/h6-7,15H,1-5H2,(H,16,17)(H,18,19)(H,20,21)(H4,12,13,14)/t6-,7?/m1/s1. The van der Waals surface area contributed by atoms with E-state index in [1.165, 1.54) is 0 Å². The second-order valence-electron chi connectivity index (χ2n) is 4.33. The van der Waals surface area contributed by atoms with E-state index in [4.69, 9.17) is 26.8 Å². The Morgan fingerprint density at radius 1 is 1.00 bits per heavy atom. The first kappa shape index (κ1) is 18.6. The molecule has 0 aromatic heterocycles. The topological polar surface area (TPSA) is 188 Å². The summed E-state index contributed by atoms with van der Waals surface area (Å²) in [6.07, 6.45) is -0.122. The second-order valence-corrected chi connectivity index (χ2v) is 4.33. The van der Waals surface area contributed by atoms with Crippen LogP contribution in [-0.4, -0.2) is 57.8 Å². The fraction of sp³-hybridized carbons (Fsp3) is 0.636. The number of carbonyl (C=O) groups is 3. The molecule has 1 unspecified atom stereocenters. The molecule has 0 rings (SSSR count). The molecule has 0 heterocycles. The maximum atomic E-state index is 11.1. The van der Waals surface area contributed by atoms with E-state index in [1.54, 1.807) is 0 Å². The van der Waals surface area contributed by atoms with E-state index in [1.807, 2.05) is 0 Å². The van der Waals surface area contributed by atoms with Crippen LogP contribution in [0, 0.1) is 0 Å². The number of aliphatic carboxylic acids is 3. The molecule has 21 heavy (non-hydrogen) atoms. The molecule has 0 aliphatic heterocycles. The predicted molar refractivity (Wildman–Crippen MR) is 72.8 cm³/mol. The molecular formula is C11H20N4O6. The molecule has 10 heteroatoms. The zero-order valence-corrected chi connectivity index (χ0v) is 11.4. The van der Waals surface area contributed by atoms with Gasteiger partial charge in [0.1, 0.15) is 12.1 Å². The molecule has 120 valence electrons. The molecule has 2 atom stereocenters. The average Bonchev–Trinajstić information content (AvgIpc) is 2.35. The molecule has 0 bridgehead atoms. The monoisotopic (exact) mass is 304 g/mol. The van der Waals surface area contributed by atoms with E-state index in [2.05, 4.69) is 10.3 Å². The van der Waals surface area contributed by atoms with Crippen LogP contribution in [0.4, 0.5) is 0 Å². The van der Waals surface area contributed by atoms with Crippen LogP contribution in [0.2, 0.25) is 0 Å². The first-order valence-electron chi connectivity index (χ1n) is 6.23. The molecule has 0 spiro atoms. The van der Waals surface area contributed by atoms with Crippen molar-refractivity contribution in [2.75, 3.05) is 6.54 Å². The van der Waals surface area contributed by atoms with E-state index >= 15 is 0 Å². The summed E-state index contributed by atoms with van der Waals surface area (Å²) in [5, 5.41) is 29.0. The number of nitrogens with one attached hydrogen (secondary N) is 1. The molecule has 0 fully saturated rings. The van der Waals surface area contributed by atoms with Crippen molar-refractivity contribution in [1.82, 2.24) is 5.32 Å². The number of hydrogen-bond donors (Lipinski definition) is 6. The number of guanidine groups is 1. The lowest BCUT2D eigenvalue weighted by Gasteiger charge is -2.19. The third-order valence-corrected chi connectivity index (χ3v) is 2.59. The maximum absolute atomic E-state index is 11.1. The zero-order chi connectivity index (χ0) is 16.4. The van der Waals surface area contributed by atoms with Gasteiger partial charge in [-0.15, -0.1) is 0 Å². The van der Waals surface area contributed by atoms with Crippen molar-refractivity contribution in [3.8, 4) is 0 Å². The number of aliphatic imine (C=N–C) groups is 1. The Hall–Kier alpha value is -2.36. The molecular weight excluding hydrogens is 284 g/mol. The van der Waals surface area contributed by atoms with Crippen molar-refractivity contribution in [2.45, 2.75) is 37.8 Å². The van der Waals surface area contributed by atoms with E-state index in [0.29, 0.717) is 6.42 Å². The zero-order valence-electron chi connectivity index (χ0n) is 11.4. The molecule has 0 aromatic carbocycles. The Morgan fingerprint density at radius 2 is 1.52 bits per heavy atom. The number of carboxylic acid groups (broad SMARTS) is 3. The van der Waals surface area contributed by atoms with Gasteiger partial charge in [0.2, 0.25) is 0 Å². The van der Waals surface area contributed by atoms with Crippen LogP contribution >= 0.6 is 0 Å². The SMILES string of the molecule is NC(N)=NCCC[C@@H](NC(CCC(=O)O)C(=O)O)C(=O)O. The van der Waals surface area contributed by atoms with Crippen LogP contribution < -0.4 is 16.8 Å². The van der Waals surface area contributed by atoms with E-state index in [9.17, 15) is 14.4 Å². The van der Waals surface area contributed by atoms with E-state index < -0.39 is 30.0 Å². The van der Waals surface area contributed by atoms with Gasteiger partial charge in [-0.05, 0) is 19.3 Å². The highest BCUT2D eigenvalue weighted by Crippen LogP contribution is 2.05. The lowest BCUT2D eigenvalue weighted by molar-refractivity contribution is -0.143. The van der Waals surface area contributed by atoms with Gasteiger partial charge in [0, 0.05) is 13.0 Å². The summed E-state index contributed by atoms with van der Waals surface area (Å²) in [6.45, 7) is 0.223. The fourth-order valence-electron chi connectivity index (χ4n) is 1.57. The Morgan fingerprint density at radius 3 is 1.95 bits per heavy atom. The van der Waals surface area contributed by atoms with Crippen LogP contribution in [0.15, 0.2) is 4.99 Å². The van der Waals surface area contributed by atoms with Gasteiger partial charge in [-0.2, -0.15) is 0 Å². The van der Waals surface area contributed by atoms with Gasteiger partial charge in [-0.3, -0.25) is 24.7 Å². The predicted octanol–water partition coefficient (Wildman–Crippen LogP) is -1.60. The van der Waals surface area contributed by atoms with Crippen molar-refractivity contribution in [3.63, 3.8) is 0 Å². The molecule has 0 radical (unpaired) electrons. The molecule has 0 saturated carbocycles. The third kappa shape index (κ3) is 9.21. The van der Waals surface area contributed by atoms with E-state index in [-0.39, 0.29) is 31.8 Å². The lowest BCUT2D eigenvalue weighted by atomic mass is 10.1. The Bertz CT molecular complexity index is 408. The summed E-state index contributed by atoms with van der Waals surface area (Å²) >= 11 is 0. The van der Waals surface area contributed by atoms with E-state index in [0.717, 1.165) is 0 Å². The number of nitrogens with two attached hydrogens (primary N) is 2. The van der Waals surface area contributed by atoms with Crippen molar-refractivity contribution in [1.29, 1.82) is 0 Å². The number of nitrogens with zero attached hydrogens (tertiary/aromatic N) is 1. The summed E-state index contributed by atoms with van der Waals surface area (Å²) in [6, 6.07) is -2.36. The molecule has 0 amide bonds. The largest absolute Gasteiger partial charge is 0.481 e. The van der Waals surface area contributed by atoms with Gasteiger partial charge in [0.05, 0.1) is 0 Å². The summed E-state index contributed by atoms with van der Waals surface area (Å²) in [4.78, 5) is 36.2. The summed E-state index contributed by atoms with van der Waals surface area (Å²) in [5.41, 5.74) is 10.2. The second kappa shape index (κ2) is 9.53. The third-order valence-electron chi connectivity index (χ3n) is 2.59. The Kier molecular flexibility index (Phi) is 8.46. The smallest absolute Gasteiger partial charge is 0.320 e. The normalized spacial score (nSPS) is 13.1. The van der Waals surface area contributed by atoms with Crippen LogP contribution in [-0.2, 0) is 14.4 Å². The van der Waals surface area contributed by atoms with Gasteiger partial charge in [0.25, 0.3) is 0 Å². The molecule has 8 N–H and O–H groups in total. The van der Waals surface area contributed by atoms with Gasteiger partial charge >= 0.3 is 17.9 Å². The minimum atomic E-state index is -1.30. The molecule has 0 saturated heterocycles. The Balaban J connectivity index is 4.49. The van der Waals surface area contributed by atoms with Crippen LogP contribution in [0.5, 0.6) is 0 Å². The molecule has 0 aliphatic rings. The van der Waals surface area contributed by atoms with Crippen LogP contribution in [0.25, 0.3) is 0 Å². The van der Waals surface area contributed by atoms with Gasteiger partial charge < -0.3 is 26.8 Å². The number of hydrogen-bond acceptors (Lipinski definition) is 5. The first-order chi connectivity index (χ1) is 9.73. The molecule has 10 nitrogen and oxygen atoms in total. The van der Waals surface area contributed by atoms with Crippen molar-refractivity contribution >= 4 is 23.9 Å². The lowest BCUT2D eigenvalue weighted by Crippen LogP contribution is -2.47. The minimum absolute atomic E-state index is 0.111. The minimum Gasteiger partial charge on any atom is -0.481 e. The van der Waals surface area contributed by atoms with Crippen molar-refractivity contribution < 1.29 is 29.7 Å². The molecule has 0 aliphatic carbocycles. The highest BCUT2D eigenvalue weighted by Gasteiger charge is 2.25. The first-order valence-corrected chi connectivity index (χ1v) is 6.23. The summed E-state index contributed by atoms with van der Waals surface area (Å²) in [7, 11) is 0. The highest BCUT2D eigenvalue weighted by atomic mass is 16.4. The van der Waals surface area contributed by atoms with Gasteiger partial charge in [-0.1, -0.05) is 0 Å². The van der Waals surface area contributed by atoms with Crippen LogP contribution in [0.3, 0.4) is 0 Å². The van der Waals surface area contributed by atoms with Crippen molar-refractivity contribution in [3.05, 3.63) is 0 Å². The molecule has 0 aromatic rings. The van der Waals surface area contributed by atoms with Crippen LogP contribution in [0.1, 0.15) is 25.7 Å². The quantitative estimate of drug-likeness (QED) is 0.148. The van der Waals surface area contributed by atoms with Gasteiger partial charge in [0.15, 0.2) is 5.96 Å². The fourth-order valence-corrected chi connectivity index (χ4v) is 1.57. The van der Waals surface area contributed by atoms with Gasteiger partial charge in [-0.25, -0.2) is 0 Å². The summed E-state index contributed by atoms with van der Waals surface area (Å²) in [5.74, 6) is -3.78. The number of carboxylic acids is 3. The van der Waals surface area contributed by atoms with Crippen molar-refractivity contribution in [2.24, 2.45) is 16.5 Å².